The minimum atomic E-state index is 0.253. The molecule has 1 nitrogen and oxygen atoms in total. The monoisotopic (exact) mass is 257 g/mol. The van der Waals surface area contributed by atoms with Crippen LogP contribution in [0.4, 0.5) is 0 Å². The first-order valence-corrected chi connectivity index (χ1v) is 8.09. The van der Waals surface area contributed by atoms with Crippen molar-refractivity contribution < 1.29 is 0 Å². The molecule has 2 N–H and O–H groups in total. The molecule has 0 aliphatic heterocycles. The van der Waals surface area contributed by atoms with Gasteiger partial charge in [0.05, 0.1) is 0 Å². The zero-order chi connectivity index (χ0) is 13.2. The van der Waals surface area contributed by atoms with Gasteiger partial charge in [-0.3, -0.25) is 0 Å². The van der Waals surface area contributed by atoms with Crippen LogP contribution < -0.4 is 5.73 Å². The molecule has 0 saturated heterocycles. The molecule has 3 unspecified atom stereocenters. The van der Waals surface area contributed by atoms with Gasteiger partial charge in [0, 0.05) is 6.04 Å². The van der Waals surface area contributed by atoms with E-state index in [4.69, 9.17) is 5.73 Å². The Morgan fingerprint density at radius 2 is 1.89 bits per heavy atom. The first kappa shape index (κ1) is 13.2. The van der Waals surface area contributed by atoms with Crippen molar-refractivity contribution in [2.24, 2.45) is 17.6 Å². The minimum absolute atomic E-state index is 0.253. The highest BCUT2D eigenvalue weighted by atomic mass is 14.7. The maximum atomic E-state index is 6.56. The molecule has 1 heteroatoms. The minimum Gasteiger partial charge on any atom is -0.324 e. The molecule has 2 fully saturated rings. The van der Waals surface area contributed by atoms with E-state index in [0.717, 1.165) is 11.8 Å². The van der Waals surface area contributed by atoms with Crippen LogP contribution in [0.2, 0.25) is 0 Å². The van der Waals surface area contributed by atoms with Gasteiger partial charge in [-0.15, -0.1) is 0 Å². The molecule has 3 rings (SSSR count). The number of hydrogen-bond donors (Lipinski definition) is 1. The van der Waals surface area contributed by atoms with E-state index in [-0.39, 0.29) is 6.04 Å². The van der Waals surface area contributed by atoms with Crippen LogP contribution in [0, 0.1) is 11.8 Å². The molecular weight excluding hydrogens is 230 g/mol. The molecular formula is C18H27N. The van der Waals surface area contributed by atoms with Crippen LogP contribution in [0.1, 0.15) is 75.0 Å². The molecule has 0 bridgehead atoms. The molecule has 1 aromatic rings. The molecule has 0 spiro atoms. The van der Waals surface area contributed by atoms with Crippen LogP contribution in [-0.4, -0.2) is 0 Å². The molecule has 3 atom stereocenters. The molecule has 0 amide bonds. The van der Waals surface area contributed by atoms with E-state index < -0.39 is 0 Å². The lowest BCUT2D eigenvalue weighted by atomic mass is 9.75. The third-order valence-corrected chi connectivity index (χ3v) is 5.36. The Labute approximate surface area is 117 Å². The quantitative estimate of drug-likeness (QED) is 0.828. The van der Waals surface area contributed by atoms with Crippen molar-refractivity contribution >= 4 is 0 Å². The fourth-order valence-corrected chi connectivity index (χ4v) is 3.84. The topological polar surface area (TPSA) is 26.0 Å². The Kier molecular flexibility index (Phi) is 3.93. The van der Waals surface area contributed by atoms with Gasteiger partial charge < -0.3 is 5.73 Å². The zero-order valence-corrected chi connectivity index (χ0v) is 12.1. The van der Waals surface area contributed by atoms with E-state index in [9.17, 15) is 0 Å². The van der Waals surface area contributed by atoms with Gasteiger partial charge in [0.2, 0.25) is 0 Å². The van der Waals surface area contributed by atoms with Crippen LogP contribution >= 0.6 is 0 Å². The highest BCUT2D eigenvalue weighted by Gasteiger charge is 2.26. The third-order valence-electron chi connectivity index (χ3n) is 5.36. The summed E-state index contributed by atoms with van der Waals surface area (Å²) in [5, 5.41) is 0. The van der Waals surface area contributed by atoms with Gasteiger partial charge in [-0.25, -0.2) is 0 Å². The molecule has 0 heterocycles. The van der Waals surface area contributed by atoms with Gasteiger partial charge in [-0.2, -0.15) is 0 Å². The fourth-order valence-electron chi connectivity index (χ4n) is 3.84. The first-order chi connectivity index (χ1) is 9.24. The van der Waals surface area contributed by atoms with Gasteiger partial charge in [0.15, 0.2) is 0 Å². The highest BCUT2D eigenvalue weighted by Crippen LogP contribution is 2.39. The van der Waals surface area contributed by atoms with Crippen LogP contribution in [0.15, 0.2) is 24.3 Å². The molecule has 2 saturated carbocycles. The predicted octanol–water partition coefficient (Wildman–Crippen LogP) is 4.78. The van der Waals surface area contributed by atoms with Crippen molar-refractivity contribution in [3.8, 4) is 0 Å². The highest BCUT2D eigenvalue weighted by molar-refractivity contribution is 5.30. The summed E-state index contributed by atoms with van der Waals surface area (Å²) in [5.74, 6) is 2.37. The van der Waals surface area contributed by atoms with Gasteiger partial charge >= 0.3 is 0 Å². The summed E-state index contributed by atoms with van der Waals surface area (Å²) in [6.07, 6.45) is 9.54. The maximum Gasteiger partial charge on any atom is 0.0323 e. The molecule has 1 aromatic carbocycles. The fraction of sp³-hybridized carbons (Fsp3) is 0.667. The van der Waals surface area contributed by atoms with E-state index in [1.807, 2.05) is 0 Å². The summed E-state index contributed by atoms with van der Waals surface area (Å²) in [6, 6.07) is 9.40. The van der Waals surface area contributed by atoms with Crippen molar-refractivity contribution in [2.75, 3.05) is 0 Å². The molecule has 0 aromatic heterocycles. The number of nitrogens with two attached hydrogens (primary N) is 1. The summed E-state index contributed by atoms with van der Waals surface area (Å²) in [5.41, 5.74) is 9.47. The molecule has 0 radical (unpaired) electrons. The van der Waals surface area contributed by atoms with E-state index in [1.165, 1.54) is 56.1 Å². The second-order valence-corrected chi connectivity index (χ2v) is 6.86. The normalized spacial score (nSPS) is 29.8. The summed E-state index contributed by atoms with van der Waals surface area (Å²) in [7, 11) is 0. The van der Waals surface area contributed by atoms with Gasteiger partial charge in [-0.1, -0.05) is 50.5 Å². The zero-order valence-electron chi connectivity index (χ0n) is 12.1. The lowest BCUT2D eigenvalue weighted by Gasteiger charge is -2.32. The summed E-state index contributed by atoms with van der Waals surface area (Å²) in [6.45, 7) is 2.38. The van der Waals surface area contributed by atoms with Gasteiger partial charge in [0.1, 0.15) is 0 Å². The van der Waals surface area contributed by atoms with Gasteiger partial charge in [-0.05, 0) is 54.6 Å². The maximum absolute atomic E-state index is 6.56. The Balaban J connectivity index is 1.73. The Morgan fingerprint density at radius 3 is 2.58 bits per heavy atom. The number of rotatable bonds is 3. The van der Waals surface area contributed by atoms with Gasteiger partial charge in [0.25, 0.3) is 0 Å². The second kappa shape index (κ2) is 5.66. The van der Waals surface area contributed by atoms with Crippen molar-refractivity contribution in [1.82, 2.24) is 0 Å². The smallest absolute Gasteiger partial charge is 0.0323 e. The molecule has 2 aliphatic rings. The lowest BCUT2D eigenvalue weighted by Crippen LogP contribution is -2.26. The van der Waals surface area contributed by atoms with Crippen molar-refractivity contribution in [3.05, 3.63) is 35.4 Å². The van der Waals surface area contributed by atoms with Crippen molar-refractivity contribution in [3.63, 3.8) is 0 Å². The van der Waals surface area contributed by atoms with Crippen molar-refractivity contribution in [1.29, 1.82) is 0 Å². The van der Waals surface area contributed by atoms with E-state index in [2.05, 4.69) is 31.2 Å². The van der Waals surface area contributed by atoms with Crippen LogP contribution in [0.5, 0.6) is 0 Å². The Hall–Kier alpha value is -0.820. The SMILES string of the molecule is CC1CCCC(C(N)c2cccc(C3CCC3)c2)C1. The summed E-state index contributed by atoms with van der Waals surface area (Å²) in [4.78, 5) is 0. The van der Waals surface area contributed by atoms with E-state index in [1.54, 1.807) is 0 Å². The lowest BCUT2D eigenvalue weighted by molar-refractivity contribution is 0.248. The first-order valence-electron chi connectivity index (χ1n) is 8.09. The second-order valence-electron chi connectivity index (χ2n) is 6.86. The largest absolute Gasteiger partial charge is 0.324 e. The average Bonchev–Trinajstić information content (AvgIpc) is 2.36. The standard InChI is InChI=1S/C18H27N/c1-13-5-2-9-16(11-13)18(19)17-10-4-8-15(12-17)14-6-3-7-14/h4,8,10,12-14,16,18H,2-3,5-7,9,11,19H2,1H3. The van der Waals surface area contributed by atoms with E-state index in [0.29, 0.717) is 5.92 Å². The predicted molar refractivity (Wildman–Crippen MR) is 81.1 cm³/mol. The molecule has 104 valence electrons. The third kappa shape index (κ3) is 2.86. The summed E-state index contributed by atoms with van der Waals surface area (Å²) < 4.78 is 0. The van der Waals surface area contributed by atoms with Crippen LogP contribution in [-0.2, 0) is 0 Å². The van der Waals surface area contributed by atoms with Crippen molar-refractivity contribution in [2.45, 2.75) is 63.8 Å². The molecule has 2 aliphatic carbocycles. The van der Waals surface area contributed by atoms with E-state index >= 15 is 0 Å². The Bertz CT molecular complexity index is 421. The van der Waals surface area contributed by atoms with Crippen LogP contribution in [0.3, 0.4) is 0 Å². The Morgan fingerprint density at radius 1 is 1.11 bits per heavy atom. The average molecular weight is 257 g/mol. The van der Waals surface area contributed by atoms with Crippen LogP contribution in [0.25, 0.3) is 0 Å². The number of hydrogen-bond acceptors (Lipinski definition) is 1. The summed E-state index contributed by atoms with van der Waals surface area (Å²) >= 11 is 0. The number of benzene rings is 1. The molecule has 19 heavy (non-hydrogen) atoms.